The molecule has 0 spiro atoms. The van der Waals surface area contributed by atoms with Gasteiger partial charge >= 0.3 is 5.97 Å². The molecule has 7 nitrogen and oxygen atoms in total. The molecule has 180 valence electrons. The first-order valence-electron chi connectivity index (χ1n) is 10.8. The Morgan fingerprint density at radius 1 is 1.26 bits per heavy atom. The summed E-state index contributed by atoms with van der Waals surface area (Å²) in [5.74, 6) is 0.425. The van der Waals surface area contributed by atoms with Crippen LogP contribution < -0.4 is 10.3 Å². The number of unbranched alkanes of at least 4 members (excludes halogenated alkanes) is 1. The van der Waals surface area contributed by atoms with Crippen LogP contribution in [0.4, 0.5) is 0 Å². The summed E-state index contributed by atoms with van der Waals surface area (Å²) in [6.07, 6.45) is 3.18. The van der Waals surface area contributed by atoms with Gasteiger partial charge in [0.15, 0.2) is 11.9 Å². The third-order valence-corrected chi connectivity index (χ3v) is 6.25. The van der Waals surface area contributed by atoms with Crippen LogP contribution in [0.1, 0.15) is 45.0 Å². The lowest BCUT2D eigenvalue weighted by Crippen LogP contribution is -2.26. The number of nitrogens with zero attached hydrogens (tertiary/aromatic N) is 3. The summed E-state index contributed by atoms with van der Waals surface area (Å²) < 4.78 is 13.3. The largest absolute Gasteiger partial charge is 0.476 e. The summed E-state index contributed by atoms with van der Waals surface area (Å²) in [5.41, 5.74) is 1.02. The molecular formula is C24H24Br2ClN3O4. The third-order valence-electron chi connectivity index (χ3n) is 4.89. The lowest BCUT2D eigenvalue weighted by Gasteiger charge is -2.16. The first-order chi connectivity index (χ1) is 16.2. The Balaban J connectivity index is 1.97. The van der Waals surface area contributed by atoms with Crippen molar-refractivity contribution in [2.24, 2.45) is 5.10 Å². The molecule has 1 aromatic heterocycles. The molecule has 0 unspecified atom stereocenters. The van der Waals surface area contributed by atoms with Crippen LogP contribution in [0.15, 0.2) is 49.2 Å². The summed E-state index contributed by atoms with van der Waals surface area (Å²) in [6, 6.07) is 8.80. The Labute approximate surface area is 219 Å². The van der Waals surface area contributed by atoms with Crippen molar-refractivity contribution >= 4 is 66.5 Å². The molecular weight excluding hydrogens is 590 g/mol. The zero-order valence-corrected chi connectivity index (χ0v) is 22.9. The number of aryl methyl sites for hydroxylation is 1. The summed E-state index contributed by atoms with van der Waals surface area (Å²) in [4.78, 5) is 29.8. The fourth-order valence-corrected chi connectivity index (χ4v) is 4.50. The van der Waals surface area contributed by atoms with E-state index >= 15 is 0 Å². The van der Waals surface area contributed by atoms with E-state index in [0.717, 1.165) is 17.3 Å². The monoisotopic (exact) mass is 611 g/mol. The number of hydrogen-bond acceptors (Lipinski definition) is 6. The van der Waals surface area contributed by atoms with Gasteiger partial charge in [-0.05, 0) is 72.1 Å². The molecule has 0 aliphatic carbocycles. The molecule has 3 rings (SSSR count). The highest BCUT2D eigenvalue weighted by Crippen LogP contribution is 2.35. The minimum Gasteiger partial charge on any atom is -0.476 e. The minimum absolute atomic E-state index is 0.248. The highest BCUT2D eigenvalue weighted by atomic mass is 79.9. The predicted molar refractivity (Wildman–Crippen MR) is 141 cm³/mol. The first kappa shape index (κ1) is 26.4. The van der Waals surface area contributed by atoms with E-state index in [0.29, 0.717) is 38.9 Å². The quantitative estimate of drug-likeness (QED) is 0.214. The van der Waals surface area contributed by atoms with Crippen LogP contribution in [0.25, 0.3) is 10.9 Å². The van der Waals surface area contributed by atoms with Crippen molar-refractivity contribution in [3.63, 3.8) is 0 Å². The van der Waals surface area contributed by atoms with Gasteiger partial charge in [0, 0.05) is 10.9 Å². The highest BCUT2D eigenvalue weighted by molar-refractivity contribution is 9.10. The Kier molecular flexibility index (Phi) is 9.27. The van der Waals surface area contributed by atoms with Crippen molar-refractivity contribution in [3.8, 4) is 5.75 Å². The molecule has 1 heterocycles. The molecule has 34 heavy (non-hydrogen) atoms. The number of carbonyl (C=O) groups is 1. The average molecular weight is 614 g/mol. The maximum absolute atomic E-state index is 13.2. The smallest absolute Gasteiger partial charge is 0.347 e. The molecule has 0 N–H and O–H groups in total. The van der Waals surface area contributed by atoms with Crippen LogP contribution in [0.3, 0.4) is 0 Å². The van der Waals surface area contributed by atoms with Gasteiger partial charge in [0.25, 0.3) is 5.56 Å². The van der Waals surface area contributed by atoms with Crippen molar-refractivity contribution in [1.29, 1.82) is 0 Å². The van der Waals surface area contributed by atoms with Gasteiger partial charge in [-0.15, -0.1) is 0 Å². The van der Waals surface area contributed by atoms with Gasteiger partial charge in [-0.1, -0.05) is 40.9 Å². The molecule has 10 heteroatoms. The fraction of sp³-hybridized carbons (Fsp3) is 0.333. The molecule has 0 aliphatic rings. The maximum Gasteiger partial charge on any atom is 0.347 e. The number of fused-ring (bicyclic) bond motifs is 1. The van der Waals surface area contributed by atoms with Gasteiger partial charge < -0.3 is 9.47 Å². The van der Waals surface area contributed by atoms with Gasteiger partial charge in [0.1, 0.15) is 5.82 Å². The SMILES string of the molecule is CCCCc1nc2ccc(Br)cc2c(=O)n1N=Cc1cc(Cl)c(O[C@H](C)C(=O)OCC)c(Br)c1. The van der Waals surface area contributed by atoms with Crippen molar-refractivity contribution < 1.29 is 14.3 Å². The van der Waals surface area contributed by atoms with Crippen molar-refractivity contribution in [1.82, 2.24) is 9.66 Å². The Morgan fingerprint density at radius 2 is 2.03 bits per heavy atom. The molecule has 0 saturated heterocycles. The van der Waals surface area contributed by atoms with E-state index < -0.39 is 12.1 Å². The van der Waals surface area contributed by atoms with Crippen LogP contribution in [0, 0.1) is 0 Å². The normalized spacial score (nSPS) is 12.3. The van der Waals surface area contributed by atoms with Crippen molar-refractivity contribution in [2.45, 2.75) is 46.1 Å². The first-order valence-corrected chi connectivity index (χ1v) is 12.8. The summed E-state index contributed by atoms with van der Waals surface area (Å²) in [6.45, 7) is 5.66. The number of rotatable bonds is 9. The fourth-order valence-electron chi connectivity index (χ4n) is 3.19. The molecule has 0 amide bonds. The summed E-state index contributed by atoms with van der Waals surface area (Å²) in [7, 11) is 0. The molecule has 0 bridgehead atoms. The Bertz CT molecular complexity index is 1270. The van der Waals surface area contributed by atoms with Crippen LogP contribution in [-0.2, 0) is 16.0 Å². The zero-order valence-electron chi connectivity index (χ0n) is 19.0. The van der Waals surface area contributed by atoms with Gasteiger partial charge in [-0.2, -0.15) is 9.78 Å². The van der Waals surface area contributed by atoms with Gasteiger partial charge in [0.05, 0.1) is 33.2 Å². The number of halogens is 3. The predicted octanol–water partition coefficient (Wildman–Crippen LogP) is 6.13. The van der Waals surface area contributed by atoms with Crippen LogP contribution in [-0.4, -0.2) is 34.6 Å². The van der Waals surface area contributed by atoms with E-state index in [-0.39, 0.29) is 17.2 Å². The van der Waals surface area contributed by atoms with Crippen molar-refractivity contribution in [3.05, 3.63) is 66.0 Å². The highest BCUT2D eigenvalue weighted by Gasteiger charge is 2.19. The number of hydrogen-bond donors (Lipinski definition) is 0. The Morgan fingerprint density at radius 3 is 2.71 bits per heavy atom. The van der Waals surface area contributed by atoms with E-state index in [9.17, 15) is 9.59 Å². The van der Waals surface area contributed by atoms with E-state index in [1.165, 1.54) is 10.9 Å². The van der Waals surface area contributed by atoms with Gasteiger partial charge in [0.2, 0.25) is 0 Å². The molecule has 0 saturated carbocycles. The second-order valence-corrected chi connectivity index (χ2v) is 9.66. The summed E-state index contributed by atoms with van der Waals surface area (Å²) >= 11 is 13.3. The second-order valence-electron chi connectivity index (χ2n) is 7.48. The molecule has 0 fully saturated rings. The molecule has 0 aliphatic heterocycles. The van der Waals surface area contributed by atoms with E-state index in [1.807, 2.05) is 12.1 Å². The lowest BCUT2D eigenvalue weighted by atomic mass is 10.2. The molecule has 3 aromatic rings. The number of benzene rings is 2. The van der Waals surface area contributed by atoms with E-state index in [1.54, 1.807) is 32.0 Å². The molecule has 1 atom stereocenters. The third kappa shape index (κ3) is 6.25. The standard InChI is InChI=1S/C24H24Br2ClN3O4/c1-4-6-7-21-29-20-9-8-16(25)12-17(20)23(31)30(21)28-13-15-10-18(26)22(19(27)11-15)34-14(3)24(32)33-5-2/h8-14H,4-7H2,1-3H3/t14-/m1/s1. The van der Waals surface area contributed by atoms with Gasteiger partial charge in [-0.3, -0.25) is 4.79 Å². The topological polar surface area (TPSA) is 82.8 Å². The van der Waals surface area contributed by atoms with Crippen LogP contribution in [0.5, 0.6) is 5.75 Å². The zero-order chi connectivity index (χ0) is 24.8. The molecule has 2 aromatic carbocycles. The summed E-state index contributed by atoms with van der Waals surface area (Å²) in [5, 5.41) is 5.20. The molecule has 0 radical (unpaired) electrons. The van der Waals surface area contributed by atoms with Gasteiger partial charge in [-0.25, -0.2) is 9.78 Å². The number of esters is 1. The van der Waals surface area contributed by atoms with Crippen LogP contribution >= 0.6 is 43.5 Å². The Hall–Kier alpha value is -2.23. The maximum atomic E-state index is 13.2. The minimum atomic E-state index is -0.823. The number of carbonyl (C=O) groups excluding carboxylic acids is 1. The lowest BCUT2D eigenvalue weighted by molar-refractivity contribution is -0.150. The number of ether oxygens (including phenoxy) is 2. The second kappa shape index (κ2) is 12.0. The van der Waals surface area contributed by atoms with E-state index in [2.05, 4.69) is 48.9 Å². The number of aromatic nitrogens is 2. The van der Waals surface area contributed by atoms with E-state index in [4.69, 9.17) is 21.1 Å². The van der Waals surface area contributed by atoms with Crippen molar-refractivity contribution in [2.75, 3.05) is 6.61 Å². The van der Waals surface area contributed by atoms with Crippen LogP contribution in [0.2, 0.25) is 5.02 Å². The average Bonchev–Trinajstić information content (AvgIpc) is 2.80.